The van der Waals surface area contributed by atoms with E-state index in [1.807, 2.05) is 13.0 Å². The van der Waals surface area contributed by atoms with Crippen molar-refractivity contribution in [2.45, 2.75) is 38.0 Å². The summed E-state index contributed by atoms with van der Waals surface area (Å²) < 4.78 is 11.3. The molecule has 0 aliphatic carbocycles. The van der Waals surface area contributed by atoms with Crippen molar-refractivity contribution in [2.75, 3.05) is 12.8 Å². The zero-order chi connectivity index (χ0) is 12.7. The van der Waals surface area contributed by atoms with E-state index in [9.17, 15) is 4.21 Å². The minimum Gasteiger partial charge on any atom is -0.309 e. The van der Waals surface area contributed by atoms with Gasteiger partial charge in [0.25, 0.3) is 0 Å². The molecule has 0 aliphatic rings. The highest BCUT2D eigenvalue weighted by Gasteiger charge is 2.12. The molecular weight excluding hydrogens is 230 g/mol. The van der Waals surface area contributed by atoms with Crippen LogP contribution in [0.4, 0.5) is 0 Å². The molecule has 0 saturated carbocycles. The van der Waals surface area contributed by atoms with E-state index in [2.05, 4.69) is 36.5 Å². The Morgan fingerprint density at radius 2 is 1.94 bits per heavy atom. The van der Waals surface area contributed by atoms with Gasteiger partial charge < -0.3 is 5.32 Å². The van der Waals surface area contributed by atoms with Crippen LogP contribution in [0.25, 0.3) is 0 Å². The number of hydrogen-bond donors (Lipinski definition) is 1. The molecule has 0 fully saturated rings. The first-order chi connectivity index (χ1) is 8.15. The Bertz CT molecular complexity index is 339. The van der Waals surface area contributed by atoms with E-state index in [0.29, 0.717) is 6.04 Å². The second kappa shape index (κ2) is 7.62. The molecule has 0 amide bonds. The van der Waals surface area contributed by atoms with Crippen LogP contribution in [-0.4, -0.2) is 22.3 Å². The molecule has 0 saturated heterocycles. The molecule has 17 heavy (non-hydrogen) atoms. The smallest absolute Gasteiger partial charge is 0.0441 e. The number of rotatable bonds is 7. The first-order valence-corrected chi connectivity index (χ1v) is 7.87. The summed E-state index contributed by atoms with van der Waals surface area (Å²) in [6, 6.07) is 10.9. The van der Waals surface area contributed by atoms with E-state index in [1.54, 1.807) is 6.26 Å². The maximum Gasteiger partial charge on any atom is 0.0441 e. The maximum atomic E-state index is 11.3. The minimum absolute atomic E-state index is 0.207. The summed E-state index contributed by atoms with van der Waals surface area (Å²) in [4.78, 5) is 0. The Hall–Kier alpha value is -0.670. The highest BCUT2D eigenvalue weighted by Crippen LogP contribution is 2.18. The Kier molecular flexibility index (Phi) is 6.45. The highest BCUT2D eigenvalue weighted by atomic mass is 32.2. The molecular formula is C14H23NOS. The van der Waals surface area contributed by atoms with Crippen LogP contribution in [-0.2, 0) is 10.8 Å². The number of nitrogens with one attached hydrogen (secondary N) is 1. The summed E-state index contributed by atoms with van der Waals surface area (Å²) in [6.45, 7) is 5.03. The van der Waals surface area contributed by atoms with Gasteiger partial charge in [0.2, 0.25) is 0 Å². The van der Waals surface area contributed by atoms with Gasteiger partial charge in [0, 0.05) is 34.9 Å². The van der Waals surface area contributed by atoms with Crippen LogP contribution >= 0.6 is 0 Å². The van der Waals surface area contributed by atoms with Crippen LogP contribution in [0.1, 0.15) is 38.3 Å². The predicted octanol–water partition coefficient (Wildman–Crippen LogP) is 2.88. The van der Waals surface area contributed by atoms with E-state index < -0.39 is 10.8 Å². The van der Waals surface area contributed by atoms with Crippen molar-refractivity contribution in [3.05, 3.63) is 35.9 Å². The van der Waals surface area contributed by atoms with Crippen LogP contribution in [0.5, 0.6) is 0 Å². The normalized spacial score (nSPS) is 16.4. The van der Waals surface area contributed by atoms with Gasteiger partial charge in [0.1, 0.15) is 0 Å². The molecule has 96 valence electrons. The summed E-state index contributed by atoms with van der Waals surface area (Å²) in [7, 11) is -0.750. The Labute approximate surface area is 107 Å². The van der Waals surface area contributed by atoms with Crippen LogP contribution in [0, 0.1) is 0 Å². The number of hydrogen-bond acceptors (Lipinski definition) is 2. The fourth-order valence-electron chi connectivity index (χ4n) is 1.79. The lowest BCUT2D eigenvalue weighted by Crippen LogP contribution is -2.31. The molecule has 0 bridgehead atoms. The number of benzene rings is 1. The van der Waals surface area contributed by atoms with Crippen LogP contribution < -0.4 is 5.32 Å². The van der Waals surface area contributed by atoms with Gasteiger partial charge >= 0.3 is 0 Å². The van der Waals surface area contributed by atoms with Crippen molar-refractivity contribution in [1.29, 1.82) is 0 Å². The molecule has 1 aromatic rings. The molecule has 1 aromatic carbocycles. The molecule has 3 unspecified atom stereocenters. The lowest BCUT2D eigenvalue weighted by Gasteiger charge is -2.20. The van der Waals surface area contributed by atoms with E-state index in [1.165, 1.54) is 5.56 Å². The molecule has 0 radical (unpaired) electrons. The average molecular weight is 253 g/mol. The van der Waals surface area contributed by atoms with Crippen LogP contribution in [0.3, 0.4) is 0 Å². The Morgan fingerprint density at radius 1 is 1.29 bits per heavy atom. The molecule has 2 nitrogen and oxygen atoms in total. The third-order valence-electron chi connectivity index (χ3n) is 3.00. The average Bonchev–Trinajstić information content (AvgIpc) is 2.35. The van der Waals surface area contributed by atoms with Crippen LogP contribution in [0.15, 0.2) is 30.3 Å². The molecule has 3 heteroatoms. The SMILES string of the molecule is CCCC(NCC(C)S(C)=O)c1ccccc1. The summed E-state index contributed by atoms with van der Waals surface area (Å²) in [6.07, 6.45) is 4.03. The van der Waals surface area contributed by atoms with Crippen molar-refractivity contribution in [3.63, 3.8) is 0 Å². The fourth-order valence-corrected chi connectivity index (χ4v) is 2.12. The first kappa shape index (κ1) is 14.4. The van der Waals surface area contributed by atoms with Gasteiger partial charge in [-0.05, 0) is 18.9 Å². The lowest BCUT2D eigenvalue weighted by molar-refractivity contribution is 0.494. The standard InChI is InChI=1S/C14H23NOS/c1-4-8-14(13-9-6-5-7-10-13)15-11-12(2)17(3)16/h5-7,9-10,12,14-15H,4,8,11H2,1-3H3. The Morgan fingerprint density at radius 3 is 2.47 bits per heavy atom. The van der Waals surface area contributed by atoms with Gasteiger partial charge in [-0.2, -0.15) is 0 Å². The molecule has 1 rings (SSSR count). The fraction of sp³-hybridized carbons (Fsp3) is 0.571. The minimum atomic E-state index is -0.750. The Balaban J connectivity index is 2.58. The molecule has 0 aliphatic heterocycles. The summed E-state index contributed by atoms with van der Waals surface area (Å²) in [5, 5.41) is 3.73. The van der Waals surface area contributed by atoms with E-state index in [-0.39, 0.29) is 5.25 Å². The quantitative estimate of drug-likeness (QED) is 0.809. The van der Waals surface area contributed by atoms with E-state index in [0.717, 1.165) is 19.4 Å². The summed E-state index contributed by atoms with van der Waals surface area (Å²) in [5.74, 6) is 0. The van der Waals surface area contributed by atoms with E-state index >= 15 is 0 Å². The van der Waals surface area contributed by atoms with Gasteiger partial charge in [0.15, 0.2) is 0 Å². The third kappa shape index (κ3) is 5.00. The molecule has 3 atom stereocenters. The monoisotopic (exact) mass is 253 g/mol. The maximum absolute atomic E-state index is 11.3. The van der Waals surface area contributed by atoms with Crippen molar-refractivity contribution in [3.8, 4) is 0 Å². The van der Waals surface area contributed by atoms with Crippen molar-refractivity contribution in [1.82, 2.24) is 5.32 Å². The molecule has 1 N–H and O–H groups in total. The van der Waals surface area contributed by atoms with Crippen LogP contribution in [0.2, 0.25) is 0 Å². The second-order valence-corrected chi connectivity index (χ2v) is 6.27. The van der Waals surface area contributed by atoms with Crippen molar-refractivity contribution >= 4 is 10.8 Å². The van der Waals surface area contributed by atoms with Gasteiger partial charge in [-0.15, -0.1) is 0 Å². The van der Waals surface area contributed by atoms with E-state index in [4.69, 9.17) is 0 Å². The molecule has 0 spiro atoms. The lowest BCUT2D eigenvalue weighted by atomic mass is 10.0. The van der Waals surface area contributed by atoms with Gasteiger partial charge in [-0.3, -0.25) is 4.21 Å². The third-order valence-corrected chi connectivity index (χ3v) is 4.30. The predicted molar refractivity (Wildman–Crippen MR) is 75.6 cm³/mol. The summed E-state index contributed by atoms with van der Waals surface area (Å²) >= 11 is 0. The molecule has 0 heterocycles. The molecule has 0 aromatic heterocycles. The largest absolute Gasteiger partial charge is 0.309 e. The van der Waals surface area contributed by atoms with Gasteiger partial charge in [-0.25, -0.2) is 0 Å². The van der Waals surface area contributed by atoms with Crippen molar-refractivity contribution in [2.24, 2.45) is 0 Å². The van der Waals surface area contributed by atoms with Gasteiger partial charge in [-0.1, -0.05) is 43.7 Å². The zero-order valence-corrected chi connectivity index (χ0v) is 11.8. The second-order valence-electron chi connectivity index (χ2n) is 4.47. The van der Waals surface area contributed by atoms with Crippen molar-refractivity contribution < 1.29 is 4.21 Å². The first-order valence-electron chi connectivity index (χ1n) is 6.25. The topological polar surface area (TPSA) is 29.1 Å². The zero-order valence-electron chi connectivity index (χ0n) is 11.0. The summed E-state index contributed by atoms with van der Waals surface area (Å²) in [5.41, 5.74) is 1.32. The highest BCUT2D eigenvalue weighted by molar-refractivity contribution is 7.84. The van der Waals surface area contributed by atoms with Gasteiger partial charge in [0.05, 0.1) is 0 Å².